The second-order valence-corrected chi connectivity index (χ2v) is 5.50. The summed E-state index contributed by atoms with van der Waals surface area (Å²) < 4.78 is 2.26. The van der Waals surface area contributed by atoms with Crippen LogP contribution in [0.15, 0.2) is 0 Å². The lowest BCUT2D eigenvalue weighted by Crippen LogP contribution is -2.24. The summed E-state index contributed by atoms with van der Waals surface area (Å²) in [5, 5.41) is 8.62. The summed E-state index contributed by atoms with van der Waals surface area (Å²) in [6.45, 7) is 3.45. The molecule has 2 atom stereocenters. The van der Waals surface area contributed by atoms with Crippen molar-refractivity contribution in [2.45, 2.75) is 38.3 Å². The molecule has 0 aliphatic carbocycles. The van der Waals surface area contributed by atoms with Crippen molar-refractivity contribution in [2.75, 3.05) is 20.1 Å². The average Bonchev–Trinajstić information content (AvgIpc) is 2.88. The quantitative estimate of drug-likeness (QED) is 0.814. The maximum Gasteiger partial charge on any atom is 0.149 e. The monoisotopic (exact) mass is 235 g/mol. The van der Waals surface area contributed by atoms with E-state index in [2.05, 4.69) is 26.7 Å². The van der Waals surface area contributed by atoms with Gasteiger partial charge in [-0.15, -0.1) is 10.2 Å². The third-order valence-electron chi connectivity index (χ3n) is 4.04. The third kappa shape index (κ3) is 2.09. The van der Waals surface area contributed by atoms with Gasteiger partial charge in [-0.1, -0.05) is 0 Å². The van der Waals surface area contributed by atoms with Gasteiger partial charge in [0.25, 0.3) is 0 Å². The molecule has 0 aromatic carbocycles. The molecule has 2 N–H and O–H groups in total. The summed E-state index contributed by atoms with van der Waals surface area (Å²) in [4.78, 5) is 2.39. The number of nitrogens with two attached hydrogens (primary N) is 1. The summed E-state index contributed by atoms with van der Waals surface area (Å²) in [5.74, 6) is 2.89. The second-order valence-electron chi connectivity index (χ2n) is 5.50. The largest absolute Gasteiger partial charge is 0.321 e. The Balaban J connectivity index is 1.75. The number of fused-ring (bicyclic) bond motifs is 1. The maximum absolute atomic E-state index is 6.06. The molecule has 2 unspecified atom stereocenters. The van der Waals surface area contributed by atoms with Crippen molar-refractivity contribution in [2.24, 2.45) is 11.7 Å². The highest BCUT2D eigenvalue weighted by Gasteiger charge is 2.26. The number of likely N-dealkylation sites (tertiary alicyclic amines) is 1. The zero-order valence-corrected chi connectivity index (χ0v) is 10.5. The van der Waals surface area contributed by atoms with Crippen molar-refractivity contribution in [3.8, 4) is 0 Å². The van der Waals surface area contributed by atoms with Crippen LogP contribution in [-0.4, -0.2) is 39.8 Å². The van der Waals surface area contributed by atoms with Gasteiger partial charge in [0.15, 0.2) is 0 Å². The molecule has 3 heterocycles. The van der Waals surface area contributed by atoms with Crippen LogP contribution in [0.3, 0.4) is 0 Å². The zero-order valence-electron chi connectivity index (χ0n) is 10.5. The van der Waals surface area contributed by atoms with Crippen LogP contribution in [0.2, 0.25) is 0 Å². The molecule has 0 amide bonds. The molecule has 1 aromatic rings. The van der Waals surface area contributed by atoms with Crippen LogP contribution in [0.25, 0.3) is 0 Å². The van der Waals surface area contributed by atoms with Gasteiger partial charge in [0.1, 0.15) is 11.6 Å². The molecule has 1 aromatic heterocycles. The topological polar surface area (TPSA) is 60.0 Å². The smallest absolute Gasteiger partial charge is 0.149 e. The molecule has 0 radical (unpaired) electrons. The van der Waals surface area contributed by atoms with Gasteiger partial charge in [0, 0.05) is 19.5 Å². The minimum absolute atomic E-state index is 0.0938. The van der Waals surface area contributed by atoms with Crippen LogP contribution >= 0.6 is 0 Å². The molecule has 0 saturated carbocycles. The van der Waals surface area contributed by atoms with Gasteiger partial charge < -0.3 is 15.2 Å². The van der Waals surface area contributed by atoms with Gasteiger partial charge in [0.05, 0.1) is 6.04 Å². The zero-order chi connectivity index (χ0) is 11.8. The molecular formula is C12H21N5. The summed E-state index contributed by atoms with van der Waals surface area (Å²) in [7, 11) is 2.19. The van der Waals surface area contributed by atoms with Gasteiger partial charge in [-0.05, 0) is 38.8 Å². The maximum atomic E-state index is 6.06. The van der Waals surface area contributed by atoms with E-state index in [9.17, 15) is 0 Å². The van der Waals surface area contributed by atoms with E-state index in [0.717, 1.165) is 43.4 Å². The molecule has 1 fully saturated rings. The molecule has 0 spiro atoms. The number of hydrogen-bond acceptors (Lipinski definition) is 4. The Morgan fingerprint density at radius 2 is 2.18 bits per heavy atom. The molecule has 17 heavy (non-hydrogen) atoms. The predicted molar refractivity (Wildman–Crippen MR) is 65.5 cm³/mol. The van der Waals surface area contributed by atoms with E-state index in [0.29, 0.717) is 0 Å². The Morgan fingerprint density at radius 3 is 2.94 bits per heavy atom. The molecular weight excluding hydrogens is 214 g/mol. The number of hydrogen-bond donors (Lipinski definition) is 1. The molecule has 2 aliphatic heterocycles. The van der Waals surface area contributed by atoms with Crippen molar-refractivity contribution < 1.29 is 0 Å². The minimum atomic E-state index is 0.0938. The summed E-state index contributed by atoms with van der Waals surface area (Å²) in [5.41, 5.74) is 6.06. The van der Waals surface area contributed by atoms with Crippen LogP contribution in [-0.2, 0) is 13.0 Å². The highest BCUT2D eigenvalue weighted by Crippen LogP contribution is 2.25. The van der Waals surface area contributed by atoms with Crippen molar-refractivity contribution in [3.63, 3.8) is 0 Å². The molecule has 1 saturated heterocycles. The van der Waals surface area contributed by atoms with E-state index < -0.39 is 0 Å². The highest BCUT2D eigenvalue weighted by atomic mass is 15.3. The Morgan fingerprint density at radius 1 is 1.29 bits per heavy atom. The molecule has 0 bridgehead atoms. The van der Waals surface area contributed by atoms with E-state index in [-0.39, 0.29) is 6.04 Å². The fourth-order valence-electron chi connectivity index (χ4n) is 3.07. The van der Waals surface area contributed by atoms with E-state index in [1.165, 1.54) is 19.5 Å². The normalized spacial score (nSPS) is 29.5. The molecule has 5 heteroatoms. The SMILES string of the molecule is CN1CCC(Cc2nnc3n2CCCC3N)C1. The van der Waals surface area contributed by atoms with Gasteiger partial charge in [-0.2, -0.15) is 0 Å². The first kappa shape index (κ1) is 11.2. The van der Waals surface area contributed by atoms with Gasteiger partial charge in [-0.25, -0.2) is 0 Å². The fourth-order valence-corrected chi connectivity index (χ4v) is 3.07. The van der Waals surface area contributed by atoms with Crippen molar-refractivity contribution >= 4 is 0 Å². The summed E-state index contributed by atoms with van der Waals surface area (Å²) >= 11 is 0. The lowest BCUT2D eigenvalue weighted by molar-refractivity contribution is 0.387. The lowest BCUT2D eigenvalue weighted by atomic mass is 10.0. The highest BCUT2D eigenvalue weighted by molar-refractivity contribution is 5.04. The van der Waals surface area contributed by atoms with Crippen molar-refractivity contribution in [1.29, 1.82) is 0 Å². The Hall–Kier alpha value is -0.940. The summed E-state index contributed by atoms with van der Waals surface area (Å²) in [6, 6.07) is 0.0938. The van der Waals surface area contributed by atoms with Crippen molar-refractivity contribution in [3.05, 3.63) is 11.6 Å². The van der Waals surface area contributed by atoms with Crippen molar-refractivity contribution in [1.82, 2.24) is 19.7 Å². The number of rotatable bonds is 2. The van der Waals surface area contributed by atoms with Crippen LogP contribution in [0.4, 0.5) is 0 Å². The van der Waals surface area contributed by atoms with Gasteiger partial charge in [0.2, 0.25) is 0 Å². The Kier molecular flexibility index (Phi) is 2.88. The van der Waals surface area contributed by atoms with E-state index in [4.69, 9.17) is 5.73 Å². The number of aromatic nitrogens is 3. The first-order valence-electron chi connectivity index (χ1n) is 6.60. The van der Waals surface area contributed by atoms with E-state index in [1.807, 2.05) is 0 Å². The number of nitrogens with zero attached hydrogens (tertiary/aromatic N) is 4. The van der Waals surface area contributed by atoms with E-state index in [1.54, 1.807) is 0 Å². The minimum Gasteiger partial charge on any atom is -0.321 e. The Bertz CT molecular complexity index is 400. The van der Waals surface area contributed by atoms with Crippen LogP contribution < -0.4 is 5.73 Å². The second kappa shape index (κ2) is 4.38. The predicted octanol–water partition coefficient (Wildman–Crippen LogP) is 0.566. The fraction of sp³-hybridized carbons (Fsp3) is 0.833. The van der Waals surface area contributed by atoms with Crippen LogP contribution in [0.5, 0.6) is 0 Å². The molecule has 94 valence electrons. The summed E-state index contributed by atoms with van der Waals surface area (Å²) in [6.07, 6.45) is 4.54. The van der Waals surface area contributed by atoms with E-state index >= 15 is 0 Å². The lowest BCUT2D eigenvalue weighted by Gasteiger charge is -2.20. The van der Waals surface area contributed by atoms with Crippen LogP contribution in [0.1, 0.15) is 37.0 Å². The Labute approximate surface area is 102 Å². The first-order chi connectivity index (χ1) is 8.24. The van der Waals surface area contributed by atoms with Gasteiger partial charge in [-0.3, -0.25) is 0 Å². The third-order valence-corrected chi connectivity index (χ3v) is 4.04. The van der Waals surface area contributed by atoms with Crippen LogP contribution in [0, 0.1) is 5.92 Å². The molecule has 5 nitrogen and oxygen atoms in total. The van der Waals surface area contributed by atoms with Gasteiger partial charge >= 0.3 is 0 Å². The standard InChI is InChI=1S/C12H21N5/c1-16-6-4-9(8-16)7-11-14-15-12-10(13)3-2-5-17(11)12/h9-10H,2-8,13H2,1H3. The first-order valence-corrected chi connectivity index (χ1v) is 6.60. The average molecular weight is 235 g/mol. The molecule has 2 aliphatic rings. The molecule has 3 rings (SSSR count).